The van der Waals surface area contributed by atoms with E-state index in [1.165, 1.54) is 62.5 Å². The Morgan fingerprint density at radius 2 is 0.833 bits per heavy atom. The predicted octanol–water partition coefficient (Wildman–Crippen LogP) is 8.70. The molecule has 0 aliphatic heterocycles. The lowest BCUT2D eigenvalue weighted by atomic mass is 10.0. The van der Waals surface area contributed by atoms with Crippen LogP contribution in [0.4, 0.5) is 0 Å². The summed E-state index contributed by atoms with van der Waals surface area (Å²) in [7, 11) is 0. The van der Waals surface area contributed by atoms with E-state index in [1.54, 1.807) is 0 Å². The first-order valence-corrected chi connectivity index (χ1v) is 15.0. The summed E-state index contributed by atoms with van der Waals surface area (Å²) in [5.74, 6) is 29.9. The molecule has 0 radical (unpaired) electrons. The molecule has 0 heteroatoms. The Bertz CT molecular complexity index is 1560. The Labute approximate surface area is 254 Å². The molecule has 0 bridgehead atoms. The van der Waals surface area contributed by atoms with Crippen LogP contribution in [0.25, 0.3) is 0 Å². The third kappa shape index (κ3) is 11.6. The number of unbranched alkanes of at least 4 members (excludes halogenated alkanes) is 6. The Hall–Kier alpha value is -4.98. The van der Waals surface area contributed by atoms with Gasteiger partial charge in [-0.3, -0.25) is 0 Å². The van der Waals surface area contributed by atoms with Crippen LogP contribution in [-0.4, -0.2) is 0 Å². The van der Waals surface area contributed by atoms with E-state index < -0.39 is 0 Å². The van der Waals surface area contributed by atoms with Gasteiger partial charge in [0.05, 0.1) is 0 Å². The summed E-state index contributed by atoms with van der Waals surface area (Å²) < 4.78 is 0. The average molecular weight is 543 g/mol. The van der Waals surface area contributed by atoms with Crippen LogP contribution in [0.3, 0.4) is 0 Å². The summed E-state index contributed by atoms with van der Waals surface area (Å²) in [5.41, 5.74) is 7.71. The first-order valence-electron chi connectivity index (χ1n) is 15.0. The van der Waals surface area contributed by atoms with E-state index in [2.05, 4.69) is 97.3 Å². The van der Waals surface area contributed by atoms with Crippen LogP contribution in [0.15, 0.2) is 60.7 Å². The molecule has 206 valence electrons. The molecule has 0 saturated heterocycles. The van der Waals surface area contributed by atoms with Crippen molar-refractivity contribution in [3.63, 3.8) is 0 Å². The highest BCUT2D eigenvalue weighted by atomic mass is 14.0. The number of aryl methyl sites for hydroxylation is 2. The zero-order valence-corrected chi connectivity index (χ0v) is 25.0. The molecular formula is C42H38. The summed E-state index contributed by atoms with van der Waals surface area (Å²) in [4.78, 5) is 0. The molecule has 0 saturated carbocycles. The molecule has 3 aromatic carbocycles. The van der Waals surface area contributed by atoms with Crippen molar-refractivity contribution >= 4 is 0 Å². The molecule has 0 amide bonds. The van der Waals surface area contributed by atoms with E-state index in [-0.39, 0.29) is 0 Å². The number of hydrogen-bond donors (Lipinski definition) is 0. The SMILES string of the molecule is C#Cc1cc(C#CC#Cc2cccc(C#CC#Cc3cc(C#C)cc(CCCCCC)c3)c2)cc(CCCCCC)c1. The second kappa shape index (κ2) is 18.4. The maximum Gasteiger partial charge on any atom is 0.0270 e. The lowest BCUT2D eigenvalue weighted by Crippen LogP contribution is -1.90. The average Bonchev–Trinajstić information content (AvgIpc) is 3.02. The summed E-state index contributed by atoms with van der Waals surface area (Å²) in [5, 5.41) is 0. The fourth-order valence-corrected chi connectivity index (χ4v) is 4.58. The Kier molecular flexibility index (Phi) is 13.8. The van der Waals surface area contributed by atoms with Crippen molar-refractivity contribution in [2.75, 3.05) is 0 Å². The van der Waals surface area contributed by atoms with E-state index in [4.69, 9.17) is 12.8 Å². The van der Waals surface area contributed by atoms with Gasteiger partial charge in [0.1, 0.15) is 0 Å². The van der Waals surface area contributed by atoms with Gasteiger partial charge in [-0.2, -0.15) is 0 Å². The third-order valence-electron chi connectivity index (χ3n) is 6.77. The van der Waals surface area contributed by atoms with Gasteiger partial charge in [-0.05, 0) is 115 Å². The zero-order chi connectivity index (χ0) is 29.8. The fourth-order valence-electron chi connectivity index (χ4n) is 4.58. The van der Waals surface area contributed by atoms with Crippen molar-refractivity contribution in [3.8, 4) is 72.1 Å². The van der Waals surface area contributed by atoms with Crippen LogP contribution in [0.5, 0.6) is 0 Å². The van der Waals surface area contributed by atoms with Gasteiger partial charge in [-0.25, -0.2) is 0 Å². The minimum Gasteiger partial charge on any atom is -0.115 e. The van der Waals surface area contributed by atoms with Crippen LogP contribution in [0.2, 0.25) is 0 Å². The molecule has 0 spiro atoms. The third-order valence-corrected chi connectivity index (χ3v) is 6.77. The molecule has 0 aliphatic carbocycles. The summed E-state index contributed by atoms with van der Waals surface area (Å²) >= 11 is 0. The molecule has 3 rings (SSSR count). The number of benzene rings is 3. The topological polar surface area (TPSA) is 0 Å². The number of rotatable bonds is 10. The van der Waals surface area contributed by atoms with Crippen LogP contribution >= 0.6 is 0 Å². The molecule has 0 aromatic heterocycles. The highest BCUT2D eigenvalue weighted by Gasteiger charge is 2.00. The predicted molar refractivity (Wildman–Crippen MR) is 178 cm³/mol. The van der Waals surface area contributed by atoms with Crippen molar-refractivity contribution in [2.45, 2.75) is 78.1 Å². The van der Waals surface area contributed by atoms with Crippen LogP contribution in [-0.2, 0) is 12.8 Å². The first kappa shape index (κ1) is 31.5. The minimum absolute atomic E-state index is 0.854. The highest BCUT2D eigenvalue weighted by molar-refractivity contribution is 5.52. The smallest absolute Gasteiger partial charge is 0.0270 e. The molecule has 0 heterocycles. The largest absolute Gasteiger partial charge is 0.115 e. The Morgan fingerprint density at radius 1 is 0.452 bits per heavy atom. The second-order valence-electron chi connectivity index (χ2n) is 10.3. The molecule has 0 fully saturated rings. The molecule has 42 heavy (non-hydrogen) atoms. The van der Waals surface area contributed by atoms with Gasteiger partial charge in [0.2, 0.25) is 0 Å². The van der Waals surface area contributed by atoms with Crippen LogP contribution in [0.1, 0.15) is 110 Å². The zero-order valence-electron chi connectivity index (χ0n) is 25.0. The van der Waals surface area contributed by atoms with Crippen molar-refractivity contribution in [3.05, 3.63) is 105 Å². The van der Waals surface area contributed by atoms with E-state index in [1.807, 2.05) is 36.4 Å². The summed E-state index contributed by atoms with van der Waals surface area (Å²) in [6.07, 6.45) is 23.2. The number of hydrogen-bond acceptors (Lipinski definition) is 0. The van der Waals surface area contributed by atoms with Crippen molar-refractivity contribution in [1.29, 1.82) is 0 Å². The van der Waals surface area contributed by atoms with Gasteiger partial charge in [0, 0.05) is 33.4 Å². The minimum atomic E-state index is 0.854. The van der Waals surface area contributed by atoms with Crippen molar-refractivity contribution in [1.82, 2.24) is 0 Å². The van der Waals surface area contributed by atoms with Gasteiger partial charge >= 0.3 is 0 Å². The standard InChI is InChI=1S/C42H38/c1-5-9-11-13-22-39-28-35(7-3)30-41(33-39)24-17-15-20-37-26-19-27-38(32-37)21-16-18-25-42-31-36(8-4)29-40(34-42)23-14-12-10-6-2/h3-4,19,26-34H,5-6,9-14,22-23H2,1-2H3. The summed E-state index contributed by atoms with van der Waals surface area (Å²) in [6.45, 7) is 4.44. The maximum absolute atomic E-state index is 5.67. The van der Waals surface area contributed by atoms with E-state index >= 15 is 0 Å². The van der Waals surface area contributed by atoms with Crippen molar-refractivity contribution in [2.24, 2.45) is 0 Å². The van der Waals surface area contributed by atoms with Gasteiger partial charge in [-0.15, -0.1) is 12.8 Å². The lowest BCUT2D eigenvalue weighted by molar-refractivity contribution is 0.667. The van der Waals surface area contributed by atoms with Crippen LogP contribution < -0.4 is 0 Å². The van der Waals surface area contributed by atoms with Gasteiger partial charge in [0.15, 0.2) is 0 Å². The lowest BCUT2D eigenvalue weighted by Gasteiger charge is -2.03. The highest BCUT2D eigenvalue weighted by Crippen LogP contribution is 2.14. The fraction of sp³-hybridized carbons (Fsp3) is 0.286. The molecule has 3 aromatic rings. The first-order chi connectivity index (χ1) is 20.6. The molecular weight excluding hydrogens is 504 g/mol. The molecule has 0 N–H and O–H groups in total. The van der Waals surface area contributed by atoms with Gasteiger partial charge < -0.3 is 0 Å². The normalized spacial score (nSPS) is 9.33. The second-order valence-corrected chi connectivity index (χ2v) is 10.3. The molecule has 0 aliphatic rings. The Morgan fingerprint density at radius 3 is 1.24 bits per heavy atom. The molecule has 0 atom stereocenters. The monoisotopic (exact) mass is 542 g/mol. The molecule has 0 nitrogen and oxygen atoms in total. The van der Waals surface area contributed by atoms with E-state index in [0.717, 1.165) is 46.2 Å². The van der Waals surface area contributed by atoms with Gasteiger partial charge in [-0.1, -0.05) is 94.0 Å². The van der Waals surface area contributed by atoms with E-state index in [0.29, 0.717) is 0 Å². The summed E-state index contributed by atoms with van der Waals surface area (Å²) in [6, 6.07) is 20.1. The van der Waals surface area contributed by atoms with E-state index in [9.17, 15) is 0 Å². The van der Waals surface area contributed by atoms with Crippen LogP contribution in [0, 0.1) is 72.1 Å². The molecule has 0 unspecified atom stereocenters. The maximum atomic E-state index is 5.67. The van der Waals surface area contributed by atoms with Crippen molar-refractivity contribution < 1.29 is 0 Å². The Balaban J connectivity index is 1.67. The quantitative estimate of drug-likeness (QED) is 0.178. The van der Waals surface area contributed by atoms with Gasteiger partial charge in [0.25, 0.3) is 0 Å². The number of terminal acetylenes is 2.